The van der Waals surface area contributed by atoms with Crippen LogP contribution in [0.2, 0.25) is 0 Å². The third-order valence-corrected chi connectivity index (χ3v) is 6.65. The monoisotopic (exact) mass is 356 g/mol. The summed E-state index contributed by atoms with van der Waals surface area (Å²) < 4.78 is 30.4. The first-order chi connectivity index (χ1) is 12.1. The fraction of sp³-hybridized carbons (Fsp3) is 0.278. The summed E-state index contributed by atoms with van der Waals surface area (Å²) in [5.41, 5.74) is 0. The first-order valence-corrected chi connectivity index (χ1v) is 9.70. The molecular weight excluding hydrogens is 336 g/mol. The number of nitrogens with one attached hydrogen (secondary N) is 1. The van der Waals surface area contributed by atoms with Gasteiger partial charge >= 0.3 is 0 Å². The molecule has 1 aromatic heterocycles. The predicted octanol–water partition coefficient (Wildman–Crippen LogP) is 1.91. The Balaban J connectivity index is 1.84. The number of piperazine rings is 1. The van der Waals surface area contributed by atoms with E-state index in [0.29, 0.717) is 24.5 Å². The number of nitrogens with zero attached hydrogens (tertiary/aromatic N) is 3. The Morgan fingerprint density at radius 3 is 2.76 bits per heavy atom. The van der Waals surface area contributed by atoms with E-state index in [0.717, 1.165) is 16.6 Å². The Morgan fingerprint density at radius 2 is 1.96 bits per heavy atom. The van der Waals surface area contributed by atoms with Crippen molar-refractivity contribution in [2.75, 3.05) is 19.6 Å². The lowest BCUT2D eigenvalue weighted by Crippen LogP contribution is -2.49. The molecule has 3 aromatic rings. The normalized spacial score (nSPS) is 19.3. The molecule has 6 nitrogen and oxygen atoms in total. The fourth-order valence-electron chi connectivity index (χ4n) is 3.44. The molecule has 0 bridgehead atoms. The van der Waals surface area contributed by atoms with Crippen molar-refractivity contribution in [2.24, 2.45) is 7.05 Å². The van der Waals surface area contributed by atoms with Crippen LogP contribution in [0, 0.1) is 0 Å². The van der Waals surface area contributed by atoms with Crippen molar-refractivity contribution in [2.45, 2.75) is 10.9 Å². The maximum Gasteiger partial charge on any atom is 0.244 e. The van der Waals surface area contributed by atoms with Crippen LogP contribution in [0.25, 0.3) is 10.8 Å². The van der Waals surface area contributed by atoms with Crippen molar-refractivity contribution in [1.82, 2.24) is 19.2 Å². The van der Waals surface area contributed by atoms with Crippen LogP contribution in [-0.2, 0) is 17.1 Å². The first-order valence-electron chi connectivity index (χ1n) is 8.26. The molecule has 1 unspecified atom stereocenters. The lowest BCUT2D eigenvalue weighted by Gasteiger charge is -2.34. The van der Waals surface area contributed by atoms with E-state index in [2.05, 4.69) is 10.3 Å². The van der Waals surface area contributed by atoms with Gasteiger partial charge in [0.05, 0.1) is 10.9 Å². The zero-order valence-corrected chi connectivity index (χ0v) is 14.8. The third-order valence-electron chi connectivity index (χ3n) is 4.69. The van der Waals surface area contributed by atoms with E-state index < -0.39 is 10.0 Å². The van der Waals surface area contributed by atoms with Gasteiger partial charge in [-0.1, -0.05) is 36.4 Å². The second-order valence-electron chi connectivity index (χ2n) is 6.21. The number of hydrogen-bond acceptors (Lipinski definition) is 4. The van der Waals surface area contributed by atoms with Crippen molar-refractivity contribution in [3.05, 3.63) is 60.7 Å². The SMILES string of the molecule is Cn1ccnc1C1CNCCN1S(=O)(=O)c1cccc2ccccc12. The molecule has 2 aromatic carbocycles. The van der Waals surface area contributed by atoms with Crippen LogP contribution in [0.1, 0.15) is 11.9 Å². The van der Waals surface area contributed by atoms with Gasteiger partial charge in [0.2, 0.25) is 10.0 Å². The topological polar surface area (TPSA) is 67.2 Å². The molecule has 1 aliphatic heterocycles. The van der Waals surface area contributed by atoms with E-state index in [1.807, 2.05) is 48.1 Å². The summed E-state index contributed by atoms with van der Waals surface area (Å²) in [6.45, 7) is 1.60. The molecule has 2 heterocycles. The van der Waals surface area contributed by atoms with Crippen LogP contribution in [0.5, 0.6) is 0 Å². The number of fused-ring (bicyclic) bond motifs is 1. The Hall–Kier alpha value is -2.22. The summed E-state index contributed by atoms with van der Waals surface area (Å²) in [6.07, 6.45) is 3.54. The highest BCUT2D eigenvalue weighted by atomic mass is 32.2. The molecule has 1 saturated heterocycles. The average molecular weight is 356 g/mol. The second-order valence-corrected chi connectivity index (χ2v) is 8.07. The number of rotatable bonds is 3. The molecule has 1 atom stereocenters. The van der Waals surface area contributed by atoms with E-state index in [1.165, 1.54) is 0 Å². The van der Waals surface area contributed by atoms with Crippen molar-refractivity contribution in [3.8, 4) is 0 Å². The van der Waals surface area contributed by atoms with Crippen LogP contribution in [0.4, 0.5) is 0 Å². The maximum atomic E-state index is 13.5. The summed E-state index contributed by atoms with van der Waals surface area (Å²) in [6, 6.07) is 12.7. The molecule has 25 heavy (non-hydrogen) atoms. The molecule has 1 aliphatic rings. The number of aromatic nitrogens is 2. The molecule has 1 N–H and O–H groups in total. The second kappa shape index (κ2) is 6.25. The fourth-order valence-corrected chi connectivity index (χ4v) is 5.24. The summed E-state index contributed by atoms with van der Waals surface area (Å²) in [7, 11) is -1.75. The van der Waals surface area contributed by atoms with Gasteiger partial charge in [-0.05, 0) is 11.5 Å². The van der Waals surface area contributed by atoms with Crippen LogP contribution in [-0.4, -0.2) is 41.9 Å². The van der Waals surface area contributed by atoms with Gasteiger partial charge < -0.3 is 9.88 Å². The minimum atomic E-state index is -3.64. The predicted molar refractivity (Wildman–Crippen MR) is 96.7 cm³/mol. The Kier molecular flexibility index (Phi) is 4.07. The molecule has 0 aliphatic carbocycles. The lowest BCUT2D eigenvalue weighted by atomic mass is 10.1. The number of aryl methyl sites for hydroxylation is 1. The standard InChI is InChI=1S/C18H20N4O2S/c1-21-11-10-20-18(21)16-13-19-9-12-22(16)25(23,24)17-8-4-6-14-5-2-3-7-15(14)17/h2-8,10-11,16,19H,9,12-13H2,1H3. The number of hydrogen-bond donors (Lipinski definition) is 1. The van der Waals surface area contributed by atoms with E-state index >= 15 is 0 Å². The number of imidazole rings is 1. The van der Waals surface area contributed by atoms with Gasteiger partial charge in [0, 0.05) is 44.5 Å². The van der Waals surface area contributed by atoms with Gasteiger partial charge in [0.15, 0.2) is 0 Å². The zero-order valence-electron chi connectivity index (χ0n) is 14.0. The number of benzene rings is 2. The van der Waals surface area contributed by atoms with Crippen LogP contribution in [0.15, 0.2) is 59.8 Å². The highest BCUT2D eigenvalue weighted by Crippen LogP contribution is 2.31. The van der Waals surface area contributed by atoms with E-state index in [1.54, 1.807) is 22.6 Å². The van der Waals surface area contributed by atoms with Gasteiger partial charge in [-0.15, -0.1) is 0 Å². The Morgan fingerprint density at radius 1 is 1.16 bits per heavy atom. The van der Waals surface area contributed by atoms with Crippen LogP contribution >= 0.6 is 0 Å². The minimum Gasteiger partial charge on any atom is -0.337 e. The minimum absolute atomic E-state index is 0.322. The largest absolute Gasteiger partial charge is 0.337 e. The molecule has 130 valence electrons. The summed E-state index contributed by atoms with van der Waals surface area (Å²) >= 11 is 0. The molecule has 0 saturated carbocycles. The molecule has 0 amide bonds. The van der Waals surface area contributed by atoms with Crippen molar-refractivity contribution in [1.29, 1.82) is 0 Å². The van der Waals surface area contributed by atoms with E-state index in [-0.39, 0.29) is 6.04 Å². The van der Waals surface area contributed by atoms with E-state index in [4.69, 9.17) is 0 Å². The quantitative estimate of drug-likeness (QED) is 0.778. The summed E-state index contributed by atoms with van der Waals surface area (Å²) in [5.74, 6) is 0.746. The smallest absolute Gasteiger partial charge is 0.244 e. The van der Waals surface area contributed by atoms with Gasteiger partial charge in [-0.2, -0.15) is 4.31 Å². The maximum absolute atomic E-state index is 13.5. The molecule has 0 spiro atoms. The number of sulfonamides is 1. The highest BCUT2D eigenvalue weighted by molar-refractivity contribution is 7.89. The van der Waals surface area contributed by atoms with Crippen LogP contribution < -0.4 is 5.32 Å². The van der Waals surface area contributed by atoms with Gasteiger partial charge in [0.25, 0.3) is 0 Å². The summed E-state index contributed by atoms with van der Waals surface area (Å²) in [5, 5.41) is 4.96. The van der Waals surface area contributed by atoms with Crippen molar-refractivity contribution < 1.29 is 8.42 Å². The lowest BCUT2D eigenvalue weighted by molar-refractivity contribution is 0.258. The van der Waals surface area contributed by atoms with Gasteiger partial charge in [0.1, 0.15) is 5.82 Å². The van der Waals surface area contributed by atoms with Gasteiger partial charge in [-0.3, -0.25) is 0 Å². The highest BCUT2D eigenvalue weighted by Gasteiger charge is 2.36. The van der Waals surface area contributed by atoms with Crippen LogP contribution in [0.3, 0.4) is 0 Å². The summed E-state index contributed by atoms with van der Waals surface area (Å²) in [4.78, 5) is 4.73. The Bertz CT molecular complexity index is 1010. The van der Waals surface area contributed by atoms with E-state index in [9.17, 15) is 8.42 Å². The molecule has 4 rings (SSSR count). The molecule has 1 fully saturated rings. The van der Waals surface area contributed by atoms with Crippen molar-refractivity contribution in [3.63, 3.8) is 0 Å². The van der Waals surface area contributed by atoms with Gasteiger partial charge in [-0.25, -0.2) is 13.4 Å². The third kappa shape index (κ3) is 2.74. The van der Waals surface area contributed by atoms with Crippen molar-refractivity contribution >= 4 is 20.8 Å². The zero-order chi connectivity index (χ0) is 17.4. The first kappa shape index (κ1) is 16.3. The molecular formula is C18H20N4O2S. The average Bonchev–Trinajstić information content (AvgIpc) is 3.07. The molecule has 0 radical (unpaired) electrons. The Labute approximate surface area is 147 Å². The molecule has 7 heteroatoms.